The minimum Gasteiger partial charge on any atom is -0.452 e. The number of ether oxygens (including phenoxy) is 2. The fraction of sp³-hybridized carbons (Fsp3) is 0.800. The monoisotopic (exact) mass is 474 g/mol. The molecule has 0 radical (unpaired) electrons. The number of carbonyl (C=O) groups is 2. The van der Waals surface area contributed by atoms with Crippen molar-refractivity contribution in [2.24, 2.45) is 0 Å². The second kappa shape index (κ2) is 27.3. The Morgan fingerprint density at radius 3 is 1.09 bits per heavy atom. The molecule has 0 rings (SSSR count). The fourth-order valence-electron chi connectivity index (χ4n) is 3.70. The van der Waals surface area contributed by atoms with Crippen LogP contribution in [-0.4, -0.2) is 25.2 Å². The molecular weight excluding hydrogens is 424 g/mol. The SMILES string of the molecule is CCCCCCCCCCCC(=O)OCC#CC#CCOC(=O)CCCCCCCCCCC. The summed E-state index contributed by atoms with van der Waals surface area (Å²) in [5.41, 5.74) is 0. The van der Waals surface area contributed by atoms with Gasteiger partial charge in [-0.3, -0.25) is 9.59 Å². The lowest BCUT2D eigenvalue weighted by molar-refractivity contribution is -0.143. The number of hydrogen-bond acceptors (Lipinski definition) is 4. The van der Waals surface area contributed by atoms with Gasteiger partial charge in [-0.05, 0) is 36.5 Å². The second-order valence-electron chi connectivity index (χ2n) is 9.08. The highest BCUT2D eigenvalue weighted by atomic mass is 16.5. The minimum atomic E-state index is -0.198. The van der Waals surface area contributed by atoms with Gasteiger partial charge in [0.25, 0.3) is 0 Å². The molecule has 0 heterocycles. The van der Waals surface area contributed by atoms with Crippen LogP contribution in [0.1, 0.15) is 142 Å². The molecule has 0 aromatic carbocycles. The predicted octanol–water partition coefficient (Wildman–Crippen LogP) is 7.92. The van der Waals surface area contributed by atoms with E-state index >= 15 is 0 Å². The summed E-state index contributed by atoms with van der Waals surface area (Å²) in [4.78, 5) is 23.3. The zero-order valence-electron chi connectivity index (χ0n) is 22.2. The Morgan fingerprint density at radius 2 is 0.765 bits per heavy atom. The van der Waals surface area contributed by atoms with Gasteiger partial charge in [-0.1, -0.05) is 117 Å². The molecule has 0 N–H and O–H groups in total. The molecule has 0 aliphatic heterocycles. The quantitative estimate of drug-likeness (QED) is 0.0908. The maximum Gasteiger partial charge on any atom is 0.306 e. The summed E-state index contributed by atoms with van der Waals surface area (Å²) in [5.74, 6) is 10.3. The van der Waals surface area contributed by atoms with Crippen molar-refractivity contribution in [2.45, 2.75) is 142 Å². The van der Waals surface area contributed by atoms with Gasteiger partial charge in [-0.25, -0.2) is 0 Å². The molecule has 4 nitrogen and oxygen atoms in total. The van der Waals surface area contributed by atoms with Gasteiger partial charge in [0, 0.05) is 12.8 Å². The molecule has 0 aliphatic rings. The van der Waals surface area contributed by atoms with Crippen molar-refractivity contribution in [1.29, 1.82) is 0 Å². The first-order valence-corrected chi connectivity index (χ1v) is 14.0. The van der Waals surface area contributed by atoms with E-state index in [9.17, 15) is 9.59 Å². The first kappa shape index (κ1) is 32.1. The summed E-state index contributed by atoms with van der Waals surface area (Å²) < 4.78 is 10.2. The Labute approximate surface area is 210 Å². The van der Waals surface area contributed by atoms with Crippen molar-refractivity contribution >= 4 is 11.9 Å². The van der Waals surface area contributed by atoms with E-state index in [1.165, 1.54) is 89.9 Å². The van der Waals surface area contributed by atoms with E-state index in [1.807, 2.05) is 0 Å². The Balaban J connectivity index is 3.50. The zero-order valence-corrected chi connectivity index (χ0v) is 22.2. The number of rotatable bonds is 22. The van der Waals surface area contributed by atoms with E-state index in [0.717, 1.165) is 25.7 Å². The highest BCUT2D eigenvalue weighted by molar-refractivity contribution is 5.69. The van der Waals surface area contributed by atoms with Crippen molar-refractivity contribution < 1.29 is 19.1 Å². The molecule has 0 fully saturated rings. The van der Waals surface area contributed by atoms with Gasteiger partial charge in [0.1, 0.15) is 0 Å². The first-order chi connectivity index (χ1) is 16.7. The Hall–Kier alpha value is -1.94. The van der Waals surface area contributed by atoms with Crippen LogP contribution in [0.3, 0.4) is 0 Å². The summed E-state index contributed by atoms with van der Waals surface area (Å²) in [6, 6.07) is 0. The predicted molar refractivity (Wildman–Crippen MR) is 141 cm³/mol. The molecule has 0 aliphatic carbocycles. The lowest BCUT2D eigenvalue weighted by atomic mass is 10.1. The number of esters is 2. The molecule has 0 spiro atoms. The van der Waals surface area contributed by atoms with Crippen molar-refractivity contribution in [1.82, 2.24) is 0 Å². The highest BCUT2D eigenvalue weighted by Gasteiger charge is 2.02. The first-order valence-electron chi connectivity index (χ1n) is 14.0. The van der Waals surface area contributed by atoms with Gasteiger partial charge in [-0.15, -0.1) is 0 Å². The fourth-order valence-corrected chi connectivity index (χ4v) is 3.70. The van der Waals surface area contributed by atoms with Crippen molar-refractivity contribution in [3.63, 3.8) is 0 Å². The zero-order chi connectivity index (χ0) is 25.0. The summed E-state index contributed by atoms with van der Waals surface area (Å²) >= 11 is 0. The lowest BCUT2D eigenvalue weighted by Gasteiger charge is -2.02. The van der Waals surface area contributed by atoms with E-state index < -0.39 is 0 Å². The van der Waals surface area contributed by atoms with Gasteiger partial charge in [-0.2, -0.15) is 0 Å². The Morgan fingerprint density at radius 1 is 0.471 bits per heavy atom. The Bertz CT molecular complexity index is 549. The van der Waals surface area contributed by atoms with Crippen LogP contribution in [0, 0.1) is 23.7 Å². The normalized spacial score (nSPS) is 10.1. The maximum atomic E-state index is 11.7. The van der Waals surface area contributed by atoms with E-state index in [0.29, 0.717) is 12.8 Å². The van der Waals surface area contributed by atoms with Crippen LogP contribution in [-0.2, 0) is 19.1 Å². The number of carbonyl (C=O) groups excluding carboxylic acids is 2. The molecule has 0 aromatic rings. The van der Waals surface area contributed by atoms with E-state index in [-0.39, 0.29) is 25.2 Å². The molecule has 0 aromatic heterocycles. The van der Waals surface area contributed by atoms with Gasteiger partial charge >= 0.3 is 11.9 Å². The van der Waals surface area contributed by atoms with Crippen LogP contribution in [0.15, 0.2) is 0 Å². The van der Waals surface area contributed by atoms with Crippen molar-refractivity contribution in [3.8, 4) is 23.7 Å². The second-order valence-corrected chi connectivity index (χ2v) is 9.08. The van der Waals surface area contributed by atoms with Crippen LogP contribution in [0.4, 0.5) is 0 Å². The number of unbranched alkanes of at least 4 members (excludes halogenated alkanes) is 16. The van der Waals surface area contributed by atoms with Gasteiger partial charge in [0.05, 0.1) is 0 Å². The van der Waals surface area contributed by atoms with E-state index in [1.54, 1.807) is 0 Å². The van der Waals surface area contributed by atoms with Crippen LogP contribution < -0.4 is 0 Å². The average molecular weight is 475 g/mol. The van der Waals surface area contributed by atoms with Crippen LogP contribution in [0.5, 0.6) is 0 Å². The summed E-state index contributed by atoms with van der Waals surface area (Å²) in [6.45, 7) is 4.58. The maximum absolute atomic E-state index is 11.7. The van der Waals surface area contributed by atoms with E-state index in [4.69, 9.17) is 9.47 Å². The third-order valence-electron chi connectivity index (χ3n) is 5.82. The molecule has 194 valence electrons. The molecule has 0 atom stereocenters. The summed E-state index contributed by atoms with van der Waals surface area (Å²) in [5, 5.41) is 0. The highest BCUT2D eigenvalue weighted by Crippen LogP contribution is 2.11. The minimum absolute atomic E-state index is 0.0589. The molecule has 34 heavy (non-hydrogen) atoms. The molecular formula is C30H50O4. The molecule has 0 amide bonds. The third-order valence-corrected chi connectivity index (χ3v) is 5.82. The average Bonchev–Trinajstić information content (AvgIpc) is 2.83. The standard InChI is InChI=1S/C30H50O4/c1-3-5-7-9-11-13-15-17-21-25-29(31)33-27-23-19-20-24-28-34-30(32)26-22-18-16-14-12-10-8-6-4-2/h3-18,21-22,25-28H2,1-2H3. The van der Waals surface area contributed by atoms with Gasteiger partial charge in [0.15, 0.2) is 13.2 Å². The van der Waals surface area contributed by atoms with Gasteiger partial charge in [0.2, 0.25) is 0 Å². The van der Waals surface area contributed by atoms with Crippen LogP contribution in [0.2, 0.25) is 0 Å². The van der Waals surface area contributed by atoms with E-state index in [2.05, 4.69) is 37.5 Å². The smallest absolute Gasteiger partial charge is 0.306 e. The molecule has 0 unspecified atom stereocenters. The topological polar surface area (TPSA) is 52.6 Å². The summed E-state index contributed by atoms with van der Waals surface area (Å²) in [6.07, 6.45) is 23.0. The lowest BCUT2D eigenvalue weighted by Crippen LogP contribution is -2.04. The molecule has 0 bridgehead atoms. The molecule has 0 saturated carbocycles. The van der Waals surface area contributed by atoms with Crippen LogP contribution in [0.25, 0.3) is 0 Å². The number of hydrogen-bond donors (Lipinski definition) is 0. The summed E-state index contributed by atoms with van der Waals surface area (Å²) in [7, 11) is 0. The third kappa shape index (κ3) is 26.3. The van der Waals surface area contributed by atoms with Gasteiger partial charge < -0.3 is 9.47 Å². The molecule has 4 heteroatoms. The Kier molecular flexibility index (Phi) is 25.7. The molecule has 0 saturated heterocycles. The van der Waals surface area contributed by atoms with Crippen molar-refractivity contribution in [3.05, 3.63) is 0 Å². The van der Waals surface area contributed by atoms with Crippen molar-refractivity contribution in [2.75, 3.05) is 13.2 Å². The largest absolute Gasteiger partial charge is 0.452 e. The van der Waals surface area contributed by atoms with Crippen LogP contribution >= 0.6 is 0 Å².